The van der Waals surface area contributed by atoms with Gasteiger partial charge in [-0.1, -0.05) is 54.6 Å². The third-order valence-corrected chi connectivity index (χ3v) is 5.85. The third kappa shape index (κ3) is 4.76. The van der Waals surface area contributed by atoms with E-state index in [9.17, 15) is 0 Å². The first-order valence-electron chi connectivity index (χ1n) is 11.3. The highest BCUT2D eigenvalue weighted by Crippen LogP contribution is 2.37. The van der Waals surface area contributed by atoms with Gasteiger partial charge in [-0.2, -0.15) is 0 Å². The molecular formula is C30H26O4. The second kappa shape index (κ2) is 9.75. The molecule has 0 aliphatic carbocycles. The SMILES string of the molecule is COc1ccc2cc1Oc1ccc(cc1)CCc1cccc(OC)c1Oc1cccc(c1)/C=C\2. The number of para-hydroxylation sites is 1. The second-order valence-corrected chi connectivity index (χ2v) is 8.11. The first-order valence-corrected chi connectivity index (χ1v) is 11.3. The van der Waals surface area contributed by atoms with Gasteiger partial charge >= 0.3 is 0 Å². The highest BCUT2D eigenvalue weighted by Gasteiger charge is 2.13. The average Bonchev–Trinajstić information content (AvgIpc) is 2.87. The van der Waals surface area contributed by atoms with Crippen molar-refractivity contribution < 1.29 is 18.9 Å². The van der Waals surface area contributed by atoms with Gasteiger partial charge in [0.2, 0.25) is 0 Å². The molecule has 0 spiro atoms. The third-order valence-electron chi connectivity index (χ3n) is 5.85. The fourth-order valence-electron chi connectivity index (χ4n) is 4.03. The van der Waals surface area contributed by atoms with Gasteiger partial charge in [-0.3, -0.25) is 0 Å². The maximum atomic E-state index is 6.38. The summed E-state index contributed by atoms with van der Waals surface area (Å²) in [5, 5.41) is 0. The Morgan fingerprint density at radius 2 is 1.38 bits per heavy atom. The summed E-state index contributed by atoms with van der Waals surface area (Å²) in [5.74, 6) is 4.38. The van der Waals surface area contributed by atoms with Gasteiger partial charge in [0.05, 0.1) is 14.2 Å². The summed E-state index contributed by atoms with van der Waals surface area (Å²) in [4.78, 5) is 0. The number of aryl methyl sites for hydroxylation is 2. The van der Waals surface area contributed by atoms with Crippen LogP contribution in [0.5, 0.6) is 34.5 Å². The Hall–Kier alpha value is -4.18. The van der Waals surface area contributed by atoms with E-state index < -0.39 is 0 Å². The summed E-state index contributed by atoms with van der Waals surface area (Å²) in [6.07, 6.45) is 5.79. The van der Waals surface area contributed by atoms with Crippen LogP contribution in [0.4, 0.5) is 0 Å². The molecule has 6 bridgehead atoms. The summed E-state index contributed by atoms with van der Waals surface area (Å²) < 4.78 is 23.7. The maximum Gasteiger partial charge on any atom is 0.172 e. The van der Waals surface area contributed by atoms with Crippen molar-refractivity contribution in [3.05, 3.63) is 107 Å². The van der Waals surface area contributed by atoms with E-state index in [4.69, 9.17) is 18.9 Å². The Labute approximate surface area is 200 Å². The molecule has 0 N–H and O–H groups in total. The van der Waals surface area contributed by atoms with Crippen LogP contribution in [0.3, 0.4) is 0 Å². The smallest absolute Gasteiger partial charge is 0.172 e. The van der Waals surface area contributed by atoms with Crippen LogP contribution in [-0.4, -0.2) is 14.2 Å². The molecule has 0 aromatic heterocycles. The lowest BCUT2D eigenvalue weighted by molar-refractivity contribution is 0.376. The molecule has 0 radical (unpaired) electrons. The van der Waals surface area contributed by atoms with Crippen LogP contribution in [-0.2, 0) is 12.8 Å². The number of ether oxygens (including phenoxy) is 4. The Morgan fingerprint density at radius 1 is 0.618 bits per heavy atom. The fraction of sp³-hybridized carbons (Fsp3) is 0.133. The van der Waals surface area contributed by atoms with Crippen LogP contribution in [0, 0.1) is 0 Å². The molecule has 2 aliphatic rings. The molecule has 2 heterocycles. The molecule has 170 valence electrons. The number of methoxy groups -OCH3 is 2. The molecule has 0 unspecified atom stereocenters. The molecule has 4 heteroatoms. The van der Waals surface area contributed by atoms with Gasteiger partial charge in [0, 0.05) is 0 Å². The van der Waals surface area contributed by atoms with Gasteiger partial charge in [0.25, 0.3) is 0 Å². The van der Waals surface area contributed by atoms with Crippen LogP contribution >= 0.6 is 0 Å². The molecule has 0 saturated carbocycles. The number of hydrogen-bond donors (Lipinski definition) is 0. The Bertz CT molecular complexity index is 1320. The summed E-state index contributed by atoms with van der Waals surface area (Å²) >= 11 is 0. The topological polar surface area (TPSA) is 36.9 Å². The van der Waals surface area contributed by atoms with Crippen molar-refractivity contribution in [3.8, 4) is 34.5 Å². The lowest BCUT2D eigenvalue weighted by atomic mass is 10.0. The minimum absolute atomic E-state index is 0.677. The summed E-state index contributed by atoms with van der Waals surface area (Å²) in [5.41, 5.74) is 4.35. The largest absolute Gasteiger partial charge is 0.493 e. The normalized spacial score (nSPS) is 13.5. The molecule has 0 amide bonds. The van der Waals surface area contributed by atoms with E-state index in [1.165, 1.54) is 5.56 Å². The van der Waals surface area contributed by atoms with Gasteiger partial charge < -0.3 is 18.9 Å². The molecule has 0 atom stereocenters. The Balaban J connectivity index is 1.59. The number of hydrogen-bond acceptors (Lipinski definition) is 4. The van der Waals surface area contributed by atoms with Crippen LogP contribution in [0.1, 0.15) is 22.3 Å². The fourth-order valence-corrected chi connectivity index (χ4v) is 4.03. The van der Waals surface area contributed by atoms with E-state index in [2.05, 4.69) is 24.3 Å². The predicted octanol–water partition coefficient (Wildman–Crippen LogP) is 7.56. The zero-order chi connectivity index (χ0) is 23.3. The number of benzene rings is 4. The van der Waals surface area contributed by atoms with Crippen LogP contribution in [0.2, 0.25) is 0 Å². The van der Waals surface area contributed by atoms with Gasteiger partial charge in [-0.15, -0.1) is 0 Å². The van der Waals surface area contributed by atoms with Crippen molar-refractivity contribution in [3.63, 3.8) is 0 Å². The summed E-state index contributed by atoms with van der Waals surface area (Å²) in [6.45, 7) is 0. The maximum absolute atomic E-state index is 6.38. The number of fused-ring (bicyclic) bond motifs is 3. The van der Waals surface area contributed by atoms with E-state index in [1.807, 2.05) is 72.8 Å². The van der Waals surface area contributed by atoms with Crippen molar-refractivity contribution in [1.82, 2.24) is 0 Å². The van der Waals surface area contributed by atoms with E-state index in [-0.39, 0.29) is 0 Å². The lowest BCUT2D eigenvalue weighted by Crippen LogP contribution is -1.98. The van der Waals surface area contributed by atoms with E-state index in [0.717, 1.165) is 52.5 Å². The number of rotatable bonds is 2. The van der Waals surface area contributed by atoms with Gasteiger partial charge in [0.15, 0.2) is 23.0 Å². The Kier molecular flexibility index (Phi) is 6.21. The lowest BCUT2D eigenvalue weighted by Gasteiger charge is -2.16. The van der Waals surface area contributed by atoms with Crippen molar-refractivity contribution in [1.29, 1.82) is 0 Å². The van der Waals surface area contributed by atoms with Crippen molar-refractivity contribution in [2.75, 3.05) is 14.2 Å². The first-order chi connectivity index (χ1) is 16.7. The average molecular weight is 451 g/mol. The molecule has 6 rings (SSSR count). The molecule has 0 fully saturated rings. The minimum atomic E-state index is 0.677. The summed E-state index contributed by atoms with van der Waals surface area (Å²) in [7, 11) is 3.32. The van der Waals surface area contributed by atoms with E-state index in [1.54, 1.807) is 14.2 Å². The standard InChI is InChI=1S/C30H26O4/c1-31-27-18-14-23-10-9-22-5-3-7-26(19-22)34-30-24(6-4-8-28(30)32-2)15-11-21-12-16-25(17-13-21)33-29(27)20-23/h3-10,12-14,16-20H,11,15H2,1-2H3/b10-9-. The second-order valence-electron chi connectivity index (χ2n) is 8.11. The van der Waals surface area contributed by atoms with Crippen LogP contribution < -0.4 is 18.9 Å². The molecule has 2 aliphatic heterocycles. The minimum Gasteiger partial charge on any atom is -0.493 e. The highest BCUT2D eigenvalue weighted by atomic mass is 16.5. The van der Waals surface area contributed by atoms with E-state index in [0.29, 0.717) is 11.5 Å². The van der Waals surface area contributed by atoms with Crippen molar-refractivity contribution >= 4 is 12.2 Å². The zero-order valence-corrected chi connectivity index (χ0v) is 19.3. The first kappa shape index (κ1) is 21.7. The molecule has 0 saturated heterocycles. The highest BCUT2D eigenvalue weighted by molar-refractivity contribution is 5.71. The van der Waals surface area contributed by atoms with Gasteiger partial charge in [-0.25, -0.2) is 0 Å². The Morgan fingerprint density at radius 3 is 2.18 bits per heavy atom. The van der Waals surface area contributed by atoms with Crippen LogP contribution in [0.25, 0.3) is 12.2 Å². The molecule has 34 heavy (non-hydrogen) atoms. The van der Waals surface area contributed by atoms with Crippen LogP contribution in [0.15, 0.2) is 84.9 Å². The van der Waals surface area contributed by atoms with Crippen molar-refractivity contribution in [2.45, 2.75) is 12.8 Å². The van der Waals surface area contributed by atoms with Gasteiger partial charge in [0.1, 0.15) is 11.5 Å². The van der Waals surface area contributed by atoms with E-state index >= 15 is 0 Å². The quantitative estimate of drug-likeness (QED) is 0.316. The zero-order valence-electron chi connectivity index (χ0n) is 19.3. The molecular weight excluding hydrogens is 424 g/mol. The van der Waals surface area contributed by atoms with Crippen molar-refractivity contribution in [2.24, 2.45) is 0 Å². The molecule has 4 aromatic carbocycles. The molecule has 4 aromatic rings. The summed E-state index contributed by atoms with van der Waals surface area (Å²) in [6, 6.07) is 28.1. The van der Waals surface area contributed by atoms with Gasteiger partial charge in [-0.05, 0) is 77.6 Å². The molecule has 4 nitrogen and oxygen atoms in total. The predicted molar refractivity (Wildman–Crippen MR) is 135 cm³/mol. The monoisotopic (exact) mass is 450 g/mol.